The average molecular weight is 908 g/mol. The fraction of sp³-hybridized carbons (Fsp3) is 0.120. The maximum atomic E-state index is 3.92. The fourth-order valence-electron chi connectivity index (χ4n) is 9.21. The molecule has 0 aliphatic carbocycles. The summed E-state index contributed by atoms with van der Waals surface area (Å²) in [6, 6.07) is 53.8. The van der Waals surface area contributed by atoms with Gasteiger partial charge in [0.15, 0.2) is 0 Å². The molecule has 1 N–H and O–H groups in total. The Hall–Kier alpha value is -5.61. The number of aryl methyl sites for hydroxylation is 6. The SMILES string of the molecule is Cc1cc(C)c(N2[CH-]N(c3[c-]c(-n4c5[c-]c(N6[CH-][NH+](c7c(C)cc(C)cc7C)c7ccccc76)ccc5c5ccccc54)ccc3)c3ccccc32)c(C)c1.[Pt+4]. The van der Waals surface area contributed by atoms with Crippen LogP contribution in [-0.2, 0) is 21.1 Å². The Balaban J connectivity index is 0.00000410. The molecule has 10 rings (SSSR count). The third-order valence-electron chi connectivity index (χ3n) is 11.3. The van der Waals surface area contributed by atoms with Gasteiger partial charge in [-0.05, 0) is 95.1 Å². The van der Waals surface area contributed by atoms with E-state index in [0.717, 1.165) is 50.5 Å². The Bertz CT molecular complexity index is 2790. The Morgan fingerprint density at radius 2 is 1.09 bits per heavy atom. The molecule has 5 nitrogen and oxygen atoms in total. The van der Waals surface area contributed by atoms with E-state index < -0.39 is 0 Å². The first-order valence-corrected chi connectivity index (χ1v) is 19.0. The van der Waals surface area contributed by atoms with Crippen LogP contribution in [0.5, 0.6) is 0 Å². The number of nitrogens with zero attached hydrogens (tertiary/aromatic N) is 4. The van der Waals surface area contributed by atoms with Gasteiger partial charge in [0, 0.05) is 33.7 Å². The normalized spacial score (nSPS) is 14.8. The zero-order valence-corrected chi connectivity index (χ0v) is 34.7. The molecule has 0 saturated carbocycles. The van der Waals surface area contributed by atoms with Crippen LogP contribution < -0.4 is 19.6 Å². The summed E-state index contributed by atoms with van der Waals surface area (Å²) < 4.78 is 2.33. The minimum absolute atomic E-state index is 0. The Morgan fingerprint density at radius 1 is 0.500 bits per heavy atom. The standard InChI is InChI=1S/C50H42N5.Pt/c1-32-24-34(3)49(35(4)25-32)53-30-51(44-18-9-11-20-46(44)53)38-14-13-15-40(28-38)55-43-17-8-7-16-41(43)42-23-22-39(29-48(42)55)52-31-54(47-21-12-10-19-45(47)52)50-36(5)26-33(2)27-37(50)6;/h7-27,30-31,54H,1-6H3;/q-3;+4. The predicted octanol–water partition coefficient (Wildman–Crippen LogP) is 11.8. The third-order valence-corrected chi connectivity index (χ3v) is 11.3. The molecule has 6 heteroatoms. The van der Waals surface area contributed by atoms with Gasteiger partial charge in [0.05, 0.1) is 5.69 Å². The molecular formula is C50H42N5Pt+. The number of hydrogen-bond acceptors (Lipinski definition) is 3. The second-order valence-corrected chi connectivity index (χ2v) is 15.2. The number of nitrogens with one attached hydrogen (secondary N) is 1. The molecule has 0 saturated heterocycles. The molecule has 1 aromatic heterocycles. The summed E-state index contributed by atoms with van der Waals surface area (Å²) >= 11 is 0. The van der Waals surface area contributed by atoms with Gasteiger partial charge in [-0.3, -0.25) is 0 Å². The van der Waals surface area contributed by atoms with Crippen molar-refractivity contribution in [1.29, 1.82) is 0 Å². The zero-order chi connectivity index (χ0) is 37.5. The molecule has 0 spiro atoms. The van der Waals surface area contributed by atoms with Gasteiger partial charge in [-0.2, -0.15) is 12.1 Å². The van der Waals surface area contributed by atoms with Gasteiger partial charge in [0.2, 0.25) is 0 Å². The van der Waals surface area contributed by atoms with Crippen molar-refractivity contribution in [3.05, 3.63) is 186 Å². The number of para-hydroxylation sites is 5. The molecule has 0 radical (unpaired) electrons. The van der Waals surface area contributed by atoms with E-state index in [1.807, 2.05) is 0 Å². The van der Waals surface area contributed by atoms with E-state index >= 15 is 0 Å². The summed E-state index contributed by atoms with van der Waals surface area (Å²) in [6.07, 6.45) is 0. The van der Waals surface area contributed by atoms with Crippen LogP contribution in [0, 0.1) is 67.0 Å². The van der Waals surface area contributed by atoms with Gasteiger partial charge in [-0.1, -0.05) is 94.7 Å². The number of hydrogen-bond donors (Lipinski definition) is 1. The largest absolute Gasteiger partial charge is 4.00 e. The van der Waals surface area contributed by atoms with Gasteiger partial charge in [-0.25, -0.2) is 0 Å². The topological polar surface area (TPSA) is 19.1 Å². The molecule has 1 unspecified atom stereocenters. The number of fused-ring (bicyclic) bond motifs is 5. The fourth-order valence-corrected chi connectivity index (χ4v) is 9.21. The molecule has 3 heterocycles. The maximum Gasteiger partial charge on any atom is 4.00 e. The predicted molar refractivity (Wildman–Crippen MR) is 228 cm³/mol. The van der Waals surface area contributed by atoms with Crippen LogP contribution in [0.15, 0.2) is 127 Å². The van der Waals surface area contributed by atoms with Crippen LogP contribution in [0.25, 0.3) is 27.5 Å². The maximum absolute atomic E-state index is 3.92. The molecule has 2 aliphatic heterocycles. The van der Waals surface area contributed by atoms with Crippen LogP contribution in [0.2, 0.25) is 0 Å². The summed E-state index contributed by atoms with van der Waals surface area (Å²) in [7, 11) is 0. The smallest absolute Gasteiger partial charge is 0.493 e. The summed E-state index contributed by atoms with van der Waals surface area (Å²) in [5, 5.41) is 2.35. The molecule has 1 atom stereocenters. The summed E-state index contributed by atoms with van der Waals surface area (Å²) in [5.74, 6) is 0. The summed E-state index contributed by atoms with van der Waals surface area (Å²) in [5.41, 5.74) is 19.9. The van der Waals surface area contributed by atoms with Crippen molar-refractivity contribution in [2.75, 3.05) is 14.7 Å². The van der Waals surface area contributed by atoms with E-state index in [4.69, 9.17) is 0 Å². The Morgan fingerprint density at radius 3 is 1.82 bits per heavy atom. The monoisotopic (exact) mass is 907 g/mol. The number of benzene rings is 7. The van der Waals surface area contributed by atoms with Crippen molar-refractivity contribution < 1.29 is 26.0 Å². The number of rotatable bonds is 5. The molecule has 0 amide bonds. The first kappa shape index (κ1) is 36.1. The number of aromatic nitrogens is 1. The molecule has 0 bridgehead atoms. The van der Waals surface area contributed by atoms with Crippen LogP contribution in [0.1, 0.15) is 33.4 Å². The van der Waals surface area contributed by atoms with E-state index in [1.165, 1.54) is 60.7 Å². The summed E-state index contributed by atoms with van der Waals surface area (Å²) in [6.45, 7) is 17.7. The van der Waals surface area contributed by atoms with Crippen LogP contribution >= 0.6 is 0 Å². The van der Waals surface area contributed by atoms with E-state index in [1.54, 1.807) is 0 Å². The third kappa shape index (κ3) is 5.67. The van der Waals surface area contributed by atoms with Crippen LogP contribution in [0.4, 0.5) is 45.5 Å². The second kappa shape index (κ2) is 13.8. The molecule has 276 valence electrons. The van der Waals surface area contributed by atoms with Gasteiger partial charge in [0.25, 0.3) is 0 Å². The minimum Gasteiger partial charge on any atom is -0.493 e. The van der Waals surface area contributed by atoms with Crippen molar-refractivity contribution >= 4 is 67.3 Å². The van der Waals surface area contributed by atoms with Crippen molar-refractivity contribution in [2.24, 2.45) is 0 Å². The van der Waals surface area contributed by atoms with Crippen molar-refractivity contribution in [1.82, 2.24) is 4.57 Å². The molecule has 56 heavy (non-hydrogen) atoms. The molecule has 7 aromatic carbocycles. The molecular weight excluding hydrogens is 866 g/mol. The first-order valence-electron chi connectivity index (χ1n) is 19.0. The van der Waals surface area contributed by atoms with Crippen molar-refractivity contribution in [3.8, 4) is 5.69 Å². The molecule has 2 aliphatic rings. The van der Waals surface area contributed by atoms with Gasteiger partial charge in [0.1, 0.15) is 11.4 Å². The van der Waals surface area contributed by atoms with Gasteiger partial charge >= 0.3 is 21.1 Å². The van der Waals surface area contributed by atoms with Crippen molar-refractivity contribution in [3.63, 3.8) is 0 Å². The first-order chi connectivity index (χ1) is 26.7. The molecule has 8 aromatic rings. The van der Waals surface area contributed by atoms with Crippen LogP contribution in [-0.4, -0.2) is 4.57 Å². The van der Waals surface area contributed by atoms with E-state index in [-0.39, 0.29) is 21.1 Å². The average Bonchev–Trinajstić information content (AvgIpc) is 3.84. The van der Waals surface area contributed by atoms with Gasteiger partial charge < -0.3 is 24.2 Å². The van der Waals surface area contributed by atoms with Crippen LogP contribution in [0.3, 0.4) is 0 Å². The van der Waals surface area contributed by atoms with Gasteiger partial charge in [-0.15, -0.1) is 48.1 Å². The zero-order valence-electron chi connectivity index (χ0n) is 32.4. The Kier molecular flexibility index (Phi) is 8.91. The van der Waals surface area contributed by atoms with E-state index in [2.05, 4.69) is 214 Å². The van der Waals surface area contributed by atoms with E-state index in [9.17, 15) is 0 Å². The minimum atomic E-state index is 0. The van der Waals surface area contributed by atoms with E-state index in [0.29, 0.717) is 0 Å². The number of anilines is 6. The van der Waals surface area contributed by atoms with Crippen molar-refractivity contribution in [2.45, 2.75) is 41.5 Å². The molecule has 0 fully saturated rings. The summed E-state index contributed by atoms with van der Waals surface area (Å²) in [4.78, 5) is 8.15. The quantitative estimate of drug-likeness (QED) is 0.174. The Labute approximate surface area is 344 Å². The second-order valence-electron chi connectivity index (χ2n) is 15.2. The number of quaternary nitrogens is 1.